The molecule has 0 fully saturated rings. The summed E-state index contributed by atoms with van der Waals surface area (Å²) in [5.41, 5.74) is 6.17. The van der Waals surface area contributed by atoms with E-state index in [-0.39, 0.29) is 16.4 Å². The Bertz CT molecular complexity index is 604. The molecule has 1 amide bonds. The van der Waals surface area contributed by atoms with Gasteiger partial charge in [-0.25, -0.2) is 9.37 Å². The summed E-state index contributed by atoms with van der Waals surface area (Å²) in [5, 5.41) is 2.72. The van der Waals surface area contributed by atoms with Crippen LogP contribution in [0.25, 0.3) is 0 Å². The molecule has 1 heterocycles. The second-order valence-electron chi connectivity index (χ2n) is 3.53. The number of carbonyl (C=O) groups excluding carboxylic acids is 1. The average molecular weight is 266 g/mol. The Labute approximate surface area is 108 Å². The zero-order valence-electron chi connectivity index (χ0n) is 9.15. The molecule has 1 aromatic heterocycles. The molecule has 0 aliphatic carbocycles. The van der Waals surface area contributed by atoms with Gasteiger partial charge < -0.3 is 11.1 Å². The third kappa shape index (κ3) is 2.57. The summed E-state index contributed by atoms with van der Waals surface area (Å²) in [6.45, 7) is 0. The van der Waals surface area contributed by atoms with E-state index in [2.05, 4.69) is 10.3 Å². The molecule has 6 heteroatoms. The van der Waals surface area contributed by atoms with Gasteiger partial charge in [0, 0.05) is 11.9 Å². The van der Waals surface area contributed by atoms with Crippen LogP contribution in [0.4, 0.5) is 15.8 Å². The number of anilines is 2. The van der Waals surface area contributed by atoms with Crippen LogP contribution in [0.5, 0.6) is 0 Å². The van der Waals surface area contributed by atoms with Gasteiger partial charge in [0.25, 0.3) is 5.91 Å². The minimum atomic E-state index is -0.497. The van der Waals surface area contributed by atoms with Gasteiger partial charge in [-0.3, -0.25) is 4.79 Å². The number of benzene rings is 1. The van der Waals surface area contributed by atoms with Crippen LogP contribution in [0.15, 0.2) is 36.5 Å². The Morgan fingerprint density at radius 1 is 1.39 bits per heavy atom. The molecule has 2 aromatic rings. The highest BCUT2D eigenvalue weighted by atomic mass is 35.5. The van der Waals surface area contributed by atoms with E-state index < -0.39 is 11.7 Å². The van der Waals surface area contributed by atoms with Crippen LogP contribution in [0.3, 0.4) is 0 Å². The first-order valence-electron chi connectivity index (χ1n) is 5.05. The number of nitrogens with one attached hydrogen (secondary N) is 1. The summed E-state index contributed by atoms with van der Waals surface area (Å²) < 4.78 is 12.9. The number of carbonyl (C=O) groups is 1. The SMILES string of the molecule is Nc1cc(F)ccc1C(=O)Nc1cccnc1Cl. The molecule has 0 spiro atoms. The van der Waals surface area contributed by atoms with Crippen molar-refractivity contribution in [1.29, 1.82) is 0 Å². The summed E-state index contributed by atoms with van der Waals surface area (Å²) in [6, 6.07) is 6.79. The van der Waals surface area contributed by atoms with Crippen molar-refractivity contribution in [2.75, 3.05) is 11.1 Å². The van der Waals surface area contributed by atoms with E-state index >= 15 is 0 Å². The van der Waals surface area contributed by atoms with Crippen LogP contribution in [0.2, 0.25) is 5.15 Å². The molecule has 0 aliphatic heterocycles. The Balaban J connectivity index is 2.25. The lowest BCUT2D eigenvalue weighted by Gasteiger charge is -2.08. The molecular weight excluding hydrogens is 257 g/mol. The number of nitrogens with zero attached hydrogens (tertiary/aromatic N) is 1. The standard InChI is InChI=1S/C12H9ClFN3O/c13-11-10(2-1-5-16-11)17-12(18)8-4-3-7(14)6-9(8)15/h1-6H,15H2,(H,17,18). The van der Waals surface area contributed by atoms with Crippen molar-refractivity contribution in [3.8, 4) is 0 Å². The first-order valence-corrected chi connectivity index (χ1v) is 5.42. The maximum Gasteiger partial charge on any atom is 0.257 e. The van der Waals surface area contributed by atoms with Crippen LogP contribution < -0.4 is 11.1 Å². The molecule has 0 unspecified atom stereocenters. The van der Waals surface area contributed by atoms with Gasteiger partial charge in [0.2, 0.25) is 0 Å². The highest BCUT2D eigenvalue weighted by molar-refractivity contribution is 6.32. The lowest BCUT2D eigenvalue weighted by atomic mass is 10.1. The molecule has 0 saturated carbocycles. The molecule has 0 aliphatic rings. The summed E-state index contributed by atoms with van der Waals surface area (Å²) in [5.74, 6) is -0.967. The molecule has 0 atom stereocenters. The highest BCUT2D eigenvalue weighted by Crippen LogP contribution is 2.20. The Morgan fingerprint density at radius 2 is 2.17 bits per heavy atom. The topological polar surface area (TPSA) is 68.0 Å². The van der Waals surface area contributed by atoms with E-state index in [0.717, 1.165) is 12.1 Å². The number of nitrogens with two attached hydrogens (primary N) is 1. The van der Waals surface area contributed by atoms with Gasteiger partial charge >= 0.3 is 0 Å². The molecule has 1 aromatic carbocycles. The quantitative estimate of drug-likeness (QED) is 0.648. The minimum absolute atomic E-state index is 0.0625. The van der Waals surface area contributed by atoms with Gasteiger partial charge in [0.1, 0.15) is 5.82 Å². The lowest BCUT2D eigenvalue weighted by Crippen LogP contribution is -2.14. The Hall–Kier alpha value is -2.14. The normalized spacial score (nSPS) is 10.1. The van der Waals surface area contributed by atoms with Crippen LogP contribution in [0.1, 0.15) is 10.4 Å². The van der Waals surface area contributed by atoms with Crippen molar-refractivity contribution in [2.45, 2.75) is 0 Å². The van der Waals surface area contributed by atoms with E-state index in [1.165, 1.54) is 12.3 Å². The minimum Gasteiger partial charge on any atom is -0.398 e. The van der Waals surface area contributed by atoms with Crippen LogP contribution in [0, 0.1) is 5.82 Å². The van der Waals surface area contributed by atoms with Crippen LogP contribution >= 0.6 is 11.6 Å². The number of pyridine rings is 1. The predicted molar refractivity (Wildman–Crippen MR) is 68.0 cm³/mol. The first-order chi connectivity index (χ1) is 8.58. The fourth-order valence-electron chi connectivity index (χ4n) is 1.41. The van der Waals surface area contributed by atoms with Crippen molar-refractivity contribution in [2.24, 2.45) is 0 Å². The number of aromatic nitrogens is 1. The third-order valence-corrected chi connectivity index (χ3v) is 2.57. The maximum atomic E-state index is 12.9. The van der Waals surface area contributed by atoms with Gasteiger partial charge in [0.05, 0.1) is 11.3 Å². The van der Waals surface area contributed by atoms with Crippen molar-refractivity contribution in [1.82, 2.24) is 4.98 Å². The summed E-state index contributed by atoms with van der Waals surface area (Å²) >= 11 is 5.80. The molecule has 4 nitrogen and oxygen atoms in total. The second-order valence-corrected chi connectivity index (χ2v) is 3.89. The zero-order chi connectivity index (χ0) is 13.1. The van der Waals surface area contributed by atoms with Crippen LogP contribution in [-0.4, -0.2) is 10.9 Å². The number of nitrogen functional groups attached to an aromatic ring is 1. The first kappa shape index (κ1) is 12.3. The zero-order valence-corrected chi connectivity index (χ0v) is 9.91. The summed E-state index contributed by atoms with van der Waals surface area (Å²) in [6.07, 6.45) is 1.50. The van der Waals surface area contributed by atoms with Gasteiger partial charge in [-0.1, -0.05) is 11.6 Å². The van der Waals surface area contributed by atoms with Gasteiger partial charge in [-0.2, -0.15) is 0 Å². The molecule has 2 rings (SSSR count). The second kappa shape index (κ2) is 5.01. The number of hydrogen-bond acceptors (Lipinski definition) is 3. The molecule has 0 saturated heterocycles. The lowest BCUT2D eigenvalue weighted by molar-refractivity contribution is 0.102. The van der Waals surface area contributed by atoms with E-state index in [1.54, 1.807) is 12.1 Å². The van der Waals surface area contributed by atoms with Crippen molar-refractivity contribution >= 4 is 28.9 Å². The third-order valence-electron chi connectivity index (χ3n) is 2.27. The molecule has 18 heavy (non-hydrogen) atoms. The number of halogens is 2. The van der Waals surface area contributed by atoms with Gasteiger partial charge in [0.15, 0.2) is 5.15 Å². The molecule has 0 bridgehead atoms. The van der Waals surface area contributed by atoms with E-state index in [0.29, 0.717) is 5.69 Å². The highest BCUT2D eigenvalue weighted by Gasteiger charge is 2.12. The Kier molecular flexibility index (Phi) is 3.43. The summed E-state index contributed by atoms with van der Waals surface area (Å²) in [7, 11) is 0. The number of amides is 1. The van der Waals surface area contributed by atoms with Crippen molar-refractivity contribution < 1.29 is 9.18 Å². The smallest absolute Gasteiger partial charge is 0.257 e. The fraction of sp³-hybridized carbons (Fsp3) is 0. The number of rotatable bonds is 2. The Morgan fingerprint density at radius 3 is 2.83 bits per heavy atom. The average Bonchev–Trinajstić information content (AvgIpc) is 2.32. The van der Waals surface area contributed by atoms with E-state index in [9.17, 15) is 9.18 Å². The maximum absolute atomic E-state index is 12.9. The van der Waals surface area contributed by atoms with Crippen molar-refractivity contribution in [3.63, 3.8) is 0 Å². The van der Waals surface area contributed by atoms with Gasteiger partial charge in [-0.15, -0.1) is 0 Å². The number of hydrogen-bond donors (Lipinski definition) is 2. The molecule has 3 N–H and O–H groups in total. The van der Waals surface area contributed by atoms with Crippen molar-refractivity contribution in [3.05, 3.63) is 53.1 Å². The molecule has 92 valence electrons. The fourth-order valence-corrected chi connectivity index (χ4v) is 1.58. The largest absolute Gasteiger partial charge is 0.398 e. The van der Waals surface area contributed by atoms with Crippen LogP contribution in [-0.2, 0) is 0 Å². The predicted octanol–water partition coefficient (Wildman–Crippen LogP) is 2.71. The van der Waals surface area contributed by atoms with E-state index in [4.69, 9.17) is 17.3 Å². The van der Waals surface area contributed by atoms with E-state index in [1.807, 2.05) is 0 Å². The molecule has 0 radical (unpaired) electrons. The van der Waals surface area contributed by atoms with Gasteiger partial charge in [-0.05, 0) is 30.3 Å². The monoisotopic (exact) mass is 265 g/mol. The summed E-state index contributed by atoms with van der Waals surface area (Å²) in [4.78, 5) is 15.7. The molecular formula is C12H9ClFN3O.